The van der Waals surface area contributed by atoms with Crippen LogP contribution in [0.1, 0.15) is 45.5 Å². The molecule has 1 heterocycles. The van der Waals surface area contributed by atoms with Crippen LogP contribution >= 0.6 is 12.4 Å². The highest BCUT2D eigenvalue weighted by Gasteiger charge is 2.28. The summed E-state index contributed by atoms with van der Waals surface area (Å²) in [5, 5.41) is 6.18. The number of nitrogens with one attached hydrogen (secondary N) is 2. The number of amides is 1. The molecular formula is C20H21ClF2N2O2. The lowest BCUT2D eigenvalue weighted by Gasteiger charge is -2.33. The summed E-state index contributed by atoms with van der Waals surface area (Å²) in [7, 11) is 0. The molecule has 0 saturated carbocycles. The fraction of sp³-hybridized carbons (Fsp3) is 0.300. The quantitative estimate of drug-likeness (QED) is 0.781. The van der Waals surface area contributed by atoms with Gasteiger partial charge in [0.2, 0.25) is 0 Å². The topological polar surface area (TPSA) is 58.2 Å². The maximum absolute atomic E-state index is 13.6. The molecule has 2 aromatic rings. The summed E-state index contributed by atoms with van der Waals surface area (Å²) in [4.78, 5) is 23.9. The Morgan fingerprint density at radius 2 is 1.70 bits per heavy atom. The van der Waals surface area contributed by atoms with Crippen LogP contribution in [0.25, 0.3) is 0 Å². The van der Waals surface area contributed by atoms with Crippen LogP contribution in [-0.4, -0.2) is 30.8 Å². The highest BCUT2D eigenvalue weighted by Crippen LogP contribution is 2.27. The van der Waals surface area contributed by atoms with Gasteiger partial charge in [-0.25, -0.2) is 8.78 Å². The molecule has 1 fully saturated rings. The minimum atomic E-state index is -0.883. The van der Waals surface area contributed by atoms with Crippen molar-refractivity contribution >= 4 is 24.1 Å². The minimum absolute atomic E-state index is 0. The molecular weight excluding hydrogens is 374 g/mol. The molecule has 7 heteroatoms. The molecule has 1 amide bonds. The van der Waals surface area contributed by atoms with Gasteiger partial charge in [-0.3, -0.25) is 9.59 Å². The molecule has 27 heavy (non-hydrogen) atoms. The third-order valence-electron chi connectivity index (χ3n) is 4.72. The van der Waals surface area contributed by atoms with Crippen molar-refractivity contribution in [2.75, 3.05) is 13.1 Å². The van der Waals surface area contributed by atoms with Crippen molar-refractivity contribution in [1.29, 1.82) is 0 Å². The number of Topliss-reactive ketones (excluding diaryl/α,β-unsaturated/α-hetero) is 1. The maximum Gasteiger partial charge on any atom is 0.251 e. The number of hydrogen-bond donors (Lipinski definition) is 2. The Kier molecular flexibility index (Phi) is 7.05. The zero-order valence-corrected chi connectivity index (χ0v) is 15.6. The Labute approximate surface area is 162 Å². The second-order valence-electron chi connectivity index (χ2n) is 6.49. The second-order valence-corrected chi connectivity index (χ2v) is 6.49. The average Bonchev–Trinajstić information content (AvgIpc) is 2.64. The average molecular weight is 395 g/mol. The molecule has 1 saturated heterocycles. The molecule has 2 N–H and O–H groups in total. The van der Waals surface area contributed by atoms with Crippen molar-refractivity contribution in [3.63, 3.8) is 0 Å². The summed E-state index contributed by atoms with van der Waals surface area (Å²) < 4.78 is 26.8. The summed E-state index contributed by atoms with van der Waals surface area (Å²) in [6.07, 6.45) is 0.708. The van der Waals surface area contributed by atoms with Gasteiger partial charge in [0.15, 0.2) is 17.4 Å². The van der Waals surface area contributed by atoms with Crippen molar-refractivity contribution in [2.24, 2.45) is 0 Å². The SMILES string of the molecule is CC(=O)c1ccc(C(=O)NC2CNCCC2c2ccc(F)c(F)c2)cc1.Cl. The fourth-order valence-corrected chi connectivity index (χ4v) is 3.26. The lowest BCUT2D eigenvalue weighted by Crippen LogP contribution is -2.50. The van der Waals surface area contributed by atoms with Gasteiger partial charge in [-0.2, -0.15) is 0 Å². The Morgan fingerprint density at radius 3 is 2.33 bits per heavy atom. The molecule has 3 rings (SSSR count). The van der Waals surface area contributed by atoms with Crippen LogP contribution in [0, 0.1) is 11.6 Å². The van der Waals surface area contributed by atoms with Crippen LogP contribution in [0.4, 0.5) is 8.78 Å². The summed E-state index contributed by atoms with van der Waals surface area (Å²) in [5.41, 5.74) is 1.66. The lowest BCUT2D eigenvalue weighted by molar-refractivity contribution is 0.0923. The van der Waals surface area contributed by atoms with Gasteiger partial charge in [0.25, 0.3) is 5.91 Å². The van der Waals surface area contributed by atoms with Crippen molar-refractivity contribution < 1.29 is 18.4 Å². The van der Waals surface area contributed by atoms with E-state index in [-0.39, 0.29) is 36.1 Å². The standard InChI is InChI=1S/C20H20F2N2O2.ClH/c1-12(25)13-2-4-14(5-3-13)20(26)24-19-11-23-9-8-16(19)15-6-7-17(21)18(22)10-15;/h2-7,10,16,19,23H,8-9,11H2,1H3,(H,24,26);1H. The first-order valence-electron chi connectivity index (χ1n) is 8.53. The molecule has 0 spiro atoms. The van der Waals surface area contributed by atoms with E-state index in [0.717, 1.165) is 12.6 Å². The van der Waals surface area contributed by atoms with E-state index in [2.05, 4.69) is 10.6 Å². The molecule has 2 unspecified atom stereocenters. The van der Waals surface area contributed by atoms with Gasteiger partial charge in [-0.15, -0.1) is 12.4 Å². The molecule has 4 nitrogen and oxygen atoms in total. The van der Waals surface area contributed by atoms with Gasteiger partial charge in [0.05, 0.1) is 0 Å². The van der Waals surface area contributed by atoms with E-state index >= 15 is 0 Å². The number of hydrogen-bond acceptors (Lipinski definition) is 3. The zero-order chi connectivity index (χ0) is 18.7. The Balaban J connectivity index is 0.00000261. The molecule has 0 radical (unpaired) electrons. The Hall–Kier alpha value is -2.31. The van der Waals surface area contributed by atoms with Gasteiger partial charge in [-0.05, 0) is 49.7 Å². The summed E-state index contributed by atoms with van der Waals surface area (Å²) in [6.45, 7) is 2.75. The van der Waals surface area contributed by atoms with E-state index in [0.29, 0.717) is 29.7 Å². The van der Waals surface area contributed by atoms with E-state index in [4.69, 9.17) is 0 Å². The van der Waals surface area contributed by atoms with Crippen molar-refractivity contribution in [2.45, 2.75) is 25.3 Å². The van der Waals surface area contributed by atoms with E-state index in [1.54, 1.807) is 30.3 Å². The Morgan fingerprint density at radius 1 is 1.04 bits per heavy atom. The lowest BCUT2D eigenvalue weighted by atomic mass is 9.85. The smallest absolute Gasteiger partial charge is 0.251 e. The summed E-state index contributed by atoms with van der Waals surface area (Å²) >= 11 is 0. The molecule has 1 aliphatic rings. The highest BCUT2D eigenvalue weighted by molar-refractivity contribution is 5.97. The first-order valence-corrected chi connectivity index (χ1v) is 8.53. The van der Waals surface area contributed by atoms with Crippen molar-refractivity contribution in [3.8, 4) is 0 Å². The number of carbonyl (C=O) groups excluding carboxylic acids is 2. The van der Waals surface area contributed by atoms with Crippen molar-refractivity contribution in [1.82, 2.24) is 10.6 Å². The van der Waals surface area contributed by atoms with Crippen LogP contribution in [-0.2, 0) is 0 Å². The number of ketones is 1. The van der Waals surface area contributed by atoms with E-state index in [9.17, 15) is 18.4 Å². The third-order valence-corrected chi connectivity index (χ3v) is 4.72. The largest absolute Gasteiger partial charge is 0.347 e. The van der Waals surface area contributed by atoms with Gasteiger partial charge < -0.3 is 10.6 Å². The monoisotopic (exact) mass is 394 g/mol. The molecule has 1 aliphatic heterocycles. The minimum Gasteiger partial charge on any atom is -0.347 e. The number of halogens is 3. The summed E-state index contributed by atoms with van der Waals surface area (Å²) in [6, 6.07) is 10.1. The third kappa shape index (κ3) is 4.90. The fourth-order valence-electron chi connectivity index (χ4n) is 3.26. The van der Waals surface area contributed by atoms with Gasteiger partial charge >= 0.3 is 0 Å². The normalized spacial score (nSPS) is 19.1. The molecule has 0 aromatic heterocycles. The molecule has 0 bridgehead atoms. The maximum atomic E-state index is 13.6. The van der Waals surface area contributed by atoms with E-state index in [1.807, 2.05) is 0 Å². The molecule has 0 aliphatic carbocycles. The van der Waals surface area contributed by atoms with Crippen LogP contribution < -0.4 is 10.6 Å². The summed E-state index contributed by atoms with van der Waals surface area (Å²) in [5.74, 6) is -2.19. The predicted molar refractivity (Wildman–Crippen MR) is 102 cm³/mol. The van der Waals surface area contributed by atoms with E-state index in [1.165, 1.54) is 13.0 Å². The first kappa shape index (κ1) is 21.0. The zero-order valence-electron chi connectivity index (χ0n) is 14.8. The molecule has 2 aromatic carbocycles. The first-order chi connectivity index (χ1) is 12.5. The van der Waals surface area contributed by atoms with Crippen LogP contribution in [0.3, 0.4) is 0 Å². The van der Waals surface area contributed by atoms with E-state index < -0.39 is 11.6 Å². The van der Waals surface area contributed by atoms with Crippen LogP contribution in [0.5, 0.6) is 0 Å². The van der Waals surface area contributed by atoms with Gasteiger partial charge in [0.1, 0.15) is 0 Å². The van der Waals surface area contributed by atoms with Crippen molar-refractivity contribution in [3.05, 3.63) is 70.8 Å². The number of piperidine rings is 1. The van der Waals surface area contributed by atoms with Crippen LogP contribution in [0.15, 0.2) is 42.5 Å². The van der Waals surface area contributed by atoms with Crippen LogP contribution in [0.2, 0.25) is 0 Å². The highest BCUT2D eigenvalue weighted by atomic mass is 35.5. The van der Waals surface area contributed by atoms with Gasteiger partial charge in [0, 0.05) is 29.6 Å². The van der Waals surface area contributed by atoms with Gasteiger partial charge in [-0.1, -0.05) is 18.2 Å². The Bertz CT molecular complexity index is 827. The molecule has 144 valence electrons. The number of benzene rings is 2. The predicted octanol–water partition coefficient (Wildman–Crippen LogP) is 3.46. The number of carbonyl (C=O) groups is 2. The number of rotatable bonds is 4. The second kappa shape index (κ2) is 9.06. The molecule has 2 atom stereocenters.